The third-order valence-electron chi connectivity index (χ3n) is 2.29. The van der Waals surface area contributed by atoms with Crippen molar-refractivity contribution in [3.63, 3.8) is 0 Å². The fourth-order valence-corrected chi connectivity index (χ4v) is 2.04. The second-order valence-corrected chi connectivity index (χ2v) is 4.30. The van der Waals surface area contributed by atoms with Crippen molar-refractivity contribution in [1.82, 2.24) is 0 Å². The predicted molar refractivity (Wildman–Crippen MR) is 67.8 cm³/mol. The van der Waals surface area contributed by atoms with E-state index in [2.05, 4.69) is 41.9 Å². The molecule has 0 saturated heterocycles. The second-order valence-electron chi connectivity index (χ2n) is 3.74. The highest BCUT2D eigenvalue weighted by Gasteiger charge is 2.01. The van der Waals surface area contributed by atoms with Gasteiger partial charge < -0.3 is 0 Å². The van der Waals surface area contributed by atoms with Gasteiger partial charge in [-0.3, -0.25) is 0 Å². The van der Waals surface area contributed by atoms with Crippen LogP contribution >= 0.6 is 15.9 Å². The lowest BCUT2D eigenvalue weighted by atomic mass is 10.0. The Morgan fingerprint density at radius 2 is 2.00 bits per heavy atom. The first-order valence-electron chi connectivity index (χ1n) is 4.94. The van der Waals surface area contributed by atoms with Crippen molar-refractivity contribution in [2.24, 2.45) is 5.92 Å². The van der Waals surface area contributed by atoms with Gasteiger partial charge in [-0.05, 0) is 23.6 Å². The van der Waals surface area contributed by atoms with E-state index in [0.29, 0.717) is 11.5 Å². The van der Waals surface area contributed by atoms with E-state index in [0.717, 1.165) is 10.9 Å². The summed E-state index contributed by atoms with van der Waals surface area (Å²) in [5.74, 6) is 0.542. The molecule has 0 atom stereocenters. The van der Waals surface area contributed by atoms with Crippen LogP contribution < -0.4 is 0 Å². The Labute approximate surface area is 99.6 Å². The maximum atomic E-state index is 8.67. The van der Waals surface area contributed by atoms with Gasteiger partial charge in [0.25, 0.3) is 0 Å². The first-order chi connectivity index (χ1) is 7.17. The fraction of sp³-hybridized carbons (Fsp3) is 0.308. The third kappa shape index (κ3) is 3.53. The minimum absolute atomic E-state index is 0.542. The van der Waals surface area contributed by atoms with Gasteiger partial charge in [-0.1, -0.05) is 53.6 Å². The second kappa shape index (κ2) is 5.72. The maximum Gasteiger partial charge on any atom is 0.0991 e. The molecule has 0 N–H and O–H groups in total. The summed E-state index contributed by atoms with van der Waals surface area (Å²) < 4.78 is 0. The highest BCUT2D eigenvalue weighted by atomic mass is 79.9. The first kappa shape index (κ1) is 12.0. The predicted octanol–water partition coefficient (Wildman–Crippen LogP) is 3.99. The van der Waals surface area contributed by atoms with E-state index >= 15 is 0 Å². The molecular formula is C13H14BrN. The molecule has 0 saturated carbocycles. The third-order valence-corrected chi connectivity index (χ3v) is 2.94. The Balaban J connectivity index is 2.93. The molecule has 0 bridgehead atoms. The summed E-state index contributed by atoms with van der Waals surface area (Å²) in [5.41, 5.74) is 3.22. The number of alkyl halides is 1. The summed E-state index contributed by atoms with van der Waals surface area (Å²) in [5, 5.41) is 9.57. The number of hydrogen-bond acceptors (Lipinski definition) is 1. The molecule has 0 aliphatic rings. The first-order valence-corrected chi connectivity index (χ1v) is 6.06. The van der Waals surface area contributed by atoms with E-state index in [4.69, 9.17) is 5.26 Å². The summed E-state index contributed by atoms with van der Waals surface area (Å²) in [4.78, 5) is 0. The van der Waals surface area contributed by atoms with Gasteiger partial charge in [-0.25, -0.2) is 0 Å². The van der Waals surface area contributed by atoms with E-state index in [-0.39, 0.29) is 0 Å². The van der Waals surface area contributed by atoms with Crippen molar-refractivity contribution in [3.8, 4) is 6.07 Å². The number of benzene rings is 1. The number of hydrogen-bond donors (Lipinski definition) is 0. The molecule has 0 aliphatic carbocycles. The lowest BCUT2D eigenvalue weighted by Gasteiger charge is -2.07. The number of allylic oxidation sites excluding steroid dienone is 1. The summed E-state index contributed by atoms with van der Waals surface area (Å²) in [6.45, 7) is 4.35. The Hall–Kier alpha value is -1.07. The minimum atomic E-state index is 0.542. The van der Waals surface area contributed by atoms with Crippen LogP contribution in [0.2, 0.25) is 0 Å². The van der Waals surface area contributed by atoms with E-state index < -0.39 is 0 Å². The molecule has 2 heteroatoms. The lowest BCUT2D eigenvalue weighted by Crippen LogP contribution is -1.94. The molecule has 78 valence electrons. The molecule has 1 aromatic carbocycles. The normalized spacial score (nSPS) is 11.5. The quantitative estimate of drug-likeness (QED) is 0.757. The monoisotopic (exact) mass is 263 g/mol. The molecule has 1 nitrogen and oxygen atoms in total. The molecule has 15 heavy (non-hydrogen) atoms. The molecule has 1 rings (SSSR count). The van der Waals surface area contributed by atoms with Crippen LogP contribution in [0.5, 0.6) is 0 Å². The molecule has 0 aromatic heterocycles. The molecule has 0 amide bonds. The zero-order valence-corrected chi connectivity index (χ0v) is 10.6. The van der Waals surface area contributed by atoms with Crippen LogP contribution in [-0.2, 0) is 0 Å². The highest BCUT2D eigenvalue weighted by molar-refractivity contribution is 9.09. The van der Waals surface area contributed by atoms with Crippen molar-refractivity contribution in [3.05, 3.63) is 41.0 Å². The molecule has 0 fully saturated rings. The van der Waals surface area contributed by atoms with Gasteiger partial charge >= 0.3 is 0 Å². The highest BCUT2D eigenvalue weighted by Crippen LogP contribution is 2.17. The van der Waals surface area contributed by atoms with Crippen LogP contribution in [0.1, 0.15) is 25.0 Å². The van der Waals surface area contributed by atoms with E-state index in [9.17, 15) is 0 Å². The molecule has 0 radical (unpaired) electrons. The Bertz CT molecular complexity index is 382. The Morgan fingerprint density at radius 3 is 2.40 bits per heavy atom. The standard InChI is InChI=1S/C13H14BrN/c1-10(2)13(8-14)7-11-3-5-12(9-15)6-4-11/h3-7,10H,8H2,1-2H3/b13-7+. The molecule has 0 heterocycles. The molecular weight excluding hydrogens is 250 g/mol. The smallest absolute Gasteiger partial charge is 0.0991 e. The van der Waals surface area contributed by atoms with E-state index in [1.165, 1.54) is 5.57 Å². The number of nitriles is 1. The lowest BCUT2D eigenvalue weighted by molar-refractivity contribution is 0.781. The average molecular weight is 264 g/mol. The van der Waals surface area contributed by atoms with E-state index in [1.54, 1.807) is 0 Å². The maximum absolute atomic E-state index is 8.67. The number of nitrogens with zero attached hydrogens (tertiary/aromatic N) is 1. The number of halogens is 1. The largest absolute Gasteiger partial charge is 0.192 e. The minimum Gasteiger partial charge on any atom is -0.192 e. The summed E-state index contributed by atoms with van der Waals surface area (Å²) in [7, 11) is 0. The van der Waals surface area contributed by atoms with Gasteiger partial charge in [0, 0.05) is 5.33 Å². The van der Waals surface area contributed by atoms with Gasteiger partial charge in [0.05, 0.1) is 11.6 Å². The van der Waals surface area contributed by atoms with Crippen LogP contribution in [-0.4, -0.2) is 5.33 Å². The Morgan fingerprint density at radius 1 is 1.40 bits per heavy atom. The average Bonchev–Trinajstić information content (AvgIpc) is 2.26. The molecule has 0 spiro atoms. The van der Waals surface area contributed by atoms with Crippen molar-refractivity contribution >= 4 is 22.0 Å². The van der Waals surface area contributed by atoms with E-state index in [1.807, 2.05) is 24.3 Å². The topological polar surface area (TPSA) is 23.8 Å². The molecule has 0 aliphatic heterocycles. The van der Waals surface area contributed by atoms with Crippen LogP contribution in [0.25, 0.3) is 6.08 Å². The van der Waals surface area contributed by atoms with Crippen LogP contribution in [0, 0.1) is 17.2 Å². The van der Waals surface area contributed by atoms with Crippen LogP contribution in [0.15, 0.2) is 29.8 Å². The SMILES string of the molecule is CC(C)/C(=C/c1ccc(C#N)cc1)CBr. The van der Waals surface area contributed by atoms with Crippen molar-refractivity contribution in [1.29, 1.82) is 5.26 Å². The van der Waals surface area contributed by atoms with Gasteiger partial charge in [-0.2, -0.15) is 5.26 Å². The van der Waals surface area contributed by atoms with Gasteiger partial charge in [0.2, 0.25) is 0 Å². The van der Waals surface area contributed by atoms with Crippen molar-refractivity contribution < 1.29 is 0 Å². The number of rotatable bonds is 3. The zero-order chi connectivity index (χ0) is 11.3. The summed E-state index contributed by atoms with van der Waals surface area (Å²) in [6, 6.07) is 9.76. The molecule has 1 aromatic rings. The van der Waals surface area contributed by atoms with Gasteiger partial charge in [0.1, 0.15) is 0 Å². The zero-order valence-electron chi connectivity index (χ0n) is 9.00. The van der Waals surface area contributed by atoms with Crippen LogP contribution in [0.3, 0.4) is 0 Å². The fourth-order valence-electron chi connectivity index (χ4n) is 1.23. The summed E-state index contributed by atoms with van der Waals surface area (Å²) in [6.07, 6.45) is 2.17. The van der Waals surface area contributed by atoms with Crippen molar-refractivity contribution in [2.75, 3.05) is 5.33 Å². The van der Waals surface area contributed by atoms with Crippen molar-refractivity contribution in [2.45, 2.75) is 13.8 Å². The Kier molecular flexibility index (Phi) is 4.58. The van der Waals surface area contributed by atoms with Crippen LogP contribution in [0.4, 0.5) is 0 Å². The molecule has 0 unspecified atom stereocenters. The van der Waals surface area contributed by atoms with Gasteiger partial charge in [0.15, 0.2) is 0 Å². The summed E-state index contributed by atoms with van der Waals surface area (Å²) >= 11 is 3.48. The van der Waals surface area contributed by atoms with Gasteiger partial charge in [-0.15, -0.1) is 0 Å².